The molecule has 150 valence electrons. The molecule has 0 heterocycles. The fourth-order valence-electron chi connectivity index (χ4n) is 2.66. The lowest BCUT2D eigenvalue weighted by molar-refractivity contribution is -0.141. The number of esters is 1. The Labute approximate surface area is 175 Å². The molecule has 0 saturated carbocycles. The lowest BCUT2D eigenvalue weighted by Gasteiger charge is -2.30. The largest absolute Gasteiger partial charge is 0.467 e. The van der Waals surface area contributed by atoms with E-state index < -0.39 is 21.8 Å². The molecule has 0 aliphatic rings. The van der Waals surface area contributed by atoms with E-state index >= 15 is 0 Å². The Balaban J connectivity index is 2.13. The molecule has 0 amide bonds. The van der Waals surface area contributed by atoms with Crippen molar-refractivity contribution in [3.05, 3.63) is 96.1 Å². The van der Waals surface area contributed by atoms with E-state index in [4.69, 9.17) is 4.74 Å². The Hall–Kier alpha value is -2.38. The van der Waals surface area contributed by atoms with Crippen LogP contribution in [0.5, 0.6) is 0 Å². The third-order valence-electron chi connectivity index (χ3n) is 4.06. The van der Waals surface area contributed by atoms with Crippen LogP contribution >= 0.6 is 23.5 Å². The Morgan fingerprint density at radius 1 is 0.724 bits per heavy atom. The summed E-state index contributed by atoms with van der Waals surface area (Å²) in [5.41, 5.74) is -0.352. The average Bonchev–Trinajstić information content (AvgIpc) is 2.73. The molecule has 0 N–H and O–H groups in total. The summed E-state index contributed by atoms with van der Waals surface area (Å²) in [5, 5.41) is 0. The van der Waals surface area contributed by atoms with Gasteiger partial charge in [-0.3, -0.25) is 0 Å². The minimum absolute atomic E-state index is 0.417. The van der Waals surface area contributed by atoms with Crippen LogP contribution in [0, 0.1) is 0 Å². The van der Waals surface area contributed by atoms with E-state index in [2.05, 4.69) is 0 Å². The minimum Gasteiger partial charge on any atom is -0.467 e. The van der Waals surface area contributed by atoms with Gasteiger partial charge in [-0.05, 0) is 42.0 Å². The molecule has 2 nitrogen and oxygen atoms in total. The van der Waals surface area contributed by atoms with Crippen LogP contribution in [0.3, 0.4) is 0 Å². The zero-order valence-corrected chi connectivity index (χ0v) is 17.0. The van der Waals surface area contributed by atoms with E-state index in [1.807, 2.05) is 60.7 Å². The van der Waals surface area contributed by atoms with Gasteiger partial charge in [-0.25, -0.2) is 4.79 Å². The van der Waals surface area contributed by atoms with Crippen LogP contribution in [0.2, 0.25) is 0 Å². The smallest absolute Gasteiger partial charge is 0.416 e. The summed E-state index contributed by atoms with van der Waals surface area (Å²) in [4.78, 5) is 14.6. The molecule has 3 rings (SSSR count). The third-order valence-corrected chi connectivity index (χ3v) is 6.95. The molecule has 0 radical (unpaired) electrons. The number of alkyl halides is 3. The first-order valence-electron chi connectivity index (χ1n) is 8.59. The van der Waals surface area contributed by atoms with Crippen LogP contribution in [0.4, 0.5) is 13.2 Å². The van der Waals surface area contributed by atoms with Gasteiger partial charge in [0.1, 0.15) is 0 Å². The number of ether oxygens (including phenoxy) is 1. The normalized spacial score (nSPS) is 11.9. The summed E-state index contributed by atoms with van der Waals surface area (Å²) in [6.07, 6.45) is -4.45. The predicted molar refractivity (Wildman–Crippen MR) is 110 cm³/mol. The van der Waals surface area contributed by atoms with Gasteiger partial charge in [0.25, 0.3) is 0 Å². The van der Waals surface area contributed by atoms with E-state index in [1.165, 1.54) is 42.8 Å². The average molecular weight is 435 g/mol. The van der Waals surface area contributed by atoms with Gasteiger partial charge in [0, 0.05) is 9.79 Å². The van der Waals surface area contributed by atoms with Gasteiger partial charge < -0.3 is 4.74 Å². The summed E-state index contributed by atoms with van der Waals surface area (Å²) in [6, 6.07) is 23.1. The number of thioether (sulfide) groups is 2. The SMILES string of the molecule is COC(=O)C(Sc1ccccc1)(Sc1ccccc1)c1ccc(C(F)(F)F)cc1. The highest BCUT2D eigenvalue weighted by Gasteiger charge is 2.44. The topological polar surface area (TPSA) is 26.3 Å². The van der Waals surface area contributed by atoms with Crippen molar-refractivity contribution in [2.24, 2.45) is 0 Å². The molecule has 3 aromatic carbocycles. The number of hydrogen-bond donors (Lipinski definition) is 0. The molecule has 0 fully saturated rings. The molecular weight excluding hydrogens is 417 g/mol. The van der Waals surface area contributed by atoms with Crippen molar-refractivity contribution in [3.63, 3.8) is 0 Å². The highest BCUT2D eigenvalue weighted by molar-refractivity contribution is 8.18. The molecule has 0 aliphatic heterocycles. The number of carbonyl (C=O) groups excluding carboxylic acids is 1. The van der Waals surface area contributed by atoms with Crippen molar-refractivity contribution in [2.75, 3.05) is 7.11 Å². The molecule has 0 unspecified atom stereocenters. The first-order chi connectivity index (χ1) is 13.8. The maximum atomic E-state index is 13.0. The van der Waals surface area contributed by atoms with Crippen LogP contribution in [0.1, 0.15) is 11.1 Å². The van der Waals surface area contributed by atoms with Crippen molar-refractivity contribution in [1.29, 1.82) is 0 Å². The molecule has 29 heavy (non-hydrogen) atoms. The highest BCUT2D eigenvalue weighted by atomic mass is 32.2. The van der Waals surface area contributed by atoms with Gasteiger partial charge in [-0.1, -0.05) is 72.1 Å². The zero-order chi connectivity index (χ0) is 20.9. The van der Waals surface area contributed by atoms with Gasteiger partial charge in [0.2, 0.25) is 0 Å². The van der Waals surface area contributed by atoms with Crippen LogP contribution in [0.25, 0.3) is 0 Å². The second-order valence-electron chi connectivity index (χ2n) is 6.01. The fraction of sp³-hybridized carbons (Fsp3) is 0.136. The molecule has 3 aromatic rings. The summed E-state index contributed by atoms with van der Waals surface area (Å²) >= 11 is 2.47. The fourth-order valence-corrected chi connectivity index (χ4v) is 5.50. The van der Waals surface area contributed by atoms with E-state index in [-0.39, 0.29) is 0 Å². The van der Waals surface area contributed by atoms with E-state index in [1.54, 1.807) is 0 Å². The number of carbonyl (C=O) groups is 1. The molecular formula is C22H17F3O2S2. The lowest BCUT2D eigenvalue weighted by atomic mass is 10.1. The maximum absolute atomic E-state index is 13.0. The molecule has 0 atom stereocenters. The molecule has 0 aliphatic carbocycles. The Kier molecular flexibility index (Phi) is 6.59. The predicted octanol–water partition coefficient (Wildman–Crippen LogP) is 6.62. The highest BCUT2D eigenvalue weighted by Crippen LogP contribution is 2.54. The quantitative estimate of drug-likeness (QED) is 0.248. The number of halogens is 3. The van der Waals surface area contributed by atoms with Crippen molar-refractivity contribution >= 4 is 29.5 Å². The van der Waals surface area contributed by atoms with Crippen molar-refractivity contribution in [3.8, 4) is 0 Å². The summed E-state index contributed by atoms with van der Waals surface area (Å²) < 4.78 is 42.9. The molecule has 0 saturated heterocycles. The van der Waals surface area contributed by atoms with Gasteiger partial charge in [0.05, 0.1) is 12.7 Å². The Morgan fingerprint density at radius 2 is 1.14 bits per heavy atom. The molecule has 0 bridgehead atoms. The van der Waals surface area contributed by atoms with Crippen LogP contribution in [-0.4, -0.2) is 13.1 Å². The summed E-state index contributed by atoms with van der Waals surface area (Å²) in [6.45, 7) is 0. The van der Waals surface area contributed by atoms with Crippen LogP contribution < -0.4 is 0 Å². The third kappa shape index (κ3) is 4.97. The molecule has 0 aromatic heterocycles. The molecule has 0 spiro atoms. The lowest BCUT2D eigenvalue weighted by Crippen LogP contribution is -2.30. The Bertz CT molecular complexity index is 902. The summed E-state index contributed by atoms with van der Waals surface area (Å²) in [5.74, 6) is -0.556. The number of benzene rings is 3. The molecule has 7 heteroatoms. The maximum Gasteiger partial charge on any atom is 0.416 e. The number of hydrogen-bond acceptors (Lipinski definition) is 4. The van der Waals surface area contributed by atoms with Gasteiger partial charge in [-0.15, -0.1) is 0 Å². The number of rotatable bonds is 6. The van der Waals surface area contributed by atoms with Crippen molar-refractivity contribution in [1.82, 2.24) is 0 Å². The van der Waals surface area contributed by atoms with Crippen LogP contribution in [0.15, 0.2) is 94.7 Å². The minimum atomic E-state index is -4.45. The standard InChI is InChI=1S/C22H17F3O2S2/c1-27-20(26)21(28-18-8-4-2-5-9-18,29-19-10-6-3-7-11-19)16-12-14-17(15-13-16)22(23,24)25/h2-15H,1H3. The summed E-state index contributed by atoms with van der Waals surface area (Å²) in [7, 11) is 1.28. The monoisotopic (exact) mass is 434 g/mol. The van der Waals surface area contributed by atoms with E-state index in [9.17, 15) is 18.0 Å². The van der Waals surface area contributed by atoms with Crippen LogP contribution in [-0.2, 0) is 19.8 Å². The Morgan fingerprint density at radius 3 is 1.52 bits per heavy atom. The second-order valence-corrected chi connectivity index (χ2v) is 8.85. The first-order valence-corrected chi connectivity index (χ1v) is 10.2. The zero-order valence-electron chi connectivity index (χ0n) is 15.3. The number of methoxy groups -OCH3 is 1. The van der Waals surface area contributed by atoms with Crippen molar-refractivity contribution in [2.45, 2.75) is 20.0 Å². The second kappa shape index (κ2) is 8.97. The van der Waals surface area contributed by atoms with E-state index in [0.717, 1.165) is 21.9 Å². The van der Waals surface area contributed by atoms with Gasteiger partial charge in [0.15, 0.2) is 4.08 Å². The van der Waals surface area contributed by atoms with Gasteiger partial charge >= 0.3 is 12.1 Å². The van der Waals surface area contributed by atoms with Gasteiger partial charge in [-0.2, -0.15) is 13.2 Å². The first kappa shape index (κ1) is 21.3. The van der Waals surface area contributed by atoms with Crippen molar-refractivity contribution < 1.29 is 22.7 Å². The van der Waals surface area contributed by atoms with E-state index in [0.29, 0.717) is 5.56 Å².